The topological polar surface area (TPSA) is 18.5 Å². The first-order valence-corrected chi connectivity index (χ1v) is 11.8. The molecule has 2 fully saturated rings. The fourth-order valence-electron chi connectivity index (χ4n) is 4.77. The largest absolute Gasteiger partial charge is 0.348 e. The second-order valence-electron chi connectivity index (χ2n) is 8.93. The Kier molecular flexibility index (Phi) is 9.08. The number of hydrogen-bond acceptors (Lipinski definition) is 2. The van der Waals surface area contributed by atoms with Crippen LogP contribution in [0.3, 0.4) is 0 Å². The molecule has 1 heterocycles. The van der Waals surface area contributed by atoms with Crippen LogP contribution in [-0.2, 0) is 15.9 Å². The molecular formula is C26H40O2. The Morgan fingerprint density at radius 2 is 1.50 bits per heavy atom. The molecule has 0 aromatic heterocycles. The molecule has 0 amide bonds. The summed E-state index contributed by atoms with van der Waals surface area (Å²) in [7, 11) is 0. The summed E-state index contributed by atoms with van der Waals surface area (Å²) in [5.74, 6) is 2.39. The predicted molar refractivity (Wildman–Crippen MR) is 117 cm³/mol. The van der Waals surface area contributed by atoms with Crippen molar-refractivity contribution >= 4 is 0 Å². The summed E-state index contributed by atoms with van der Waals surface area (Å²) in [6.45, 7) is 6.19. The molecule has 1 aliphatic carbocycles. The van der Waals surface area contributed by atoms with Gasteiger partial charge >= 0.3 is 0 Å². The maximum atomic E-state index is 5.92. The minimum atomic E-state index is -0.176. The predicted octanol–water partition coefficient (Wildman–Crippen LogP) is 7.24. The first-order chi connectivity index (χ1) is 13.8. The number of aryl methyl sites for hydroxylation is 1. The molecule has 1 saturated heterocycles. The molecule has 0 atom stereocenters. The molecule has 0 radical (unpaired) electrons. The van der Waals surface area contributed by atoms with Crippen LogP contribution in [0.25, 0.3) is 0 Å². The van der Waals surface area contributed by atoms with Gasteiger partial charge in [-0.05, 0) is 62.3 Å². The highest BCUT2D eigenvalue weighted by molar-refractivity contribution is 5.24. The van der Waals surface area contributed by atoms with Gasteiger partial charge in [0.25, 0.3) is 0 Å². The molecule has 2 nitrogen and oxygen atoms in total. The van der Waals surface area contributed by atoms with Gasteiger partial charge in [-0.1, -0.05) is 69.5 Å². The third-order valence-electron chi connectivity index (χ3n) is 6.51. The first-order valence-electron chi connectivity index (χ1n) is 11.8. The highest BCUT2D eigenvalue weighted by Gasteiger charge is 2.23. The van der Waals surface area contributed by atoms with E-state index in [1.165, 1.54) is 56.9 Å². The molecule has 2 aliphatic rings. The van der Waals surface area contributed by atoms with Crippen LogP contribution in [0.2, 0.25) is 0 Å². The van der Waals surface area contributed by atoms with Gasteiger partial charge in [0.15, 0.2) is 6.29 Å². The minimum Gasteiger partial charge on any atom is -0.348 e. The Morgan fingerprint density at radius 3 is 2.14 bits per heavy atom. The SMILES string of the molecule is CCC[C@H]1CC[C@H](/C=C/CCc2ccc([C@H]3OC[C@H](CCC)CO3)cc2)CC1. The van der Waals surface area contributed by atoms with E-state index >= 15 is 0 Å². The van der Waals surface area contributed by atoms with Crippen LogP contribution in [0.1, 0.15) is 89.1 Å². The molecule has 0 spiro atoms. The average molecular weight is 385 g/mol. The minimum absolute atomic E-state index is 0.176. The quantitative estimate of drug-likeness (QED) is 0.418. The van der Waals surface area contributed by atoms with Crippen LogP contribution in [-0.4, -0.2) is 13.2 Å². The number of rotatable bonds is 9. The van der Waals surface area contributed by atoms with E-state index in [0.717, 1.165) is 43.5 Å². The van der Waals surface area contributed by atoms with Crippen LogP contribution in [0.4, 0.5) is 0 Å². The monoisotopic (exact) mass is 384 g/mol. The maximum absolute atomic E-state index is 5.92. The second kappa shape index (κ2) is 11.8. The molecular weight excluding hydrogens is 344 g/mol. The summed E-state index contributed by atoms with van der Waals surface area (Å²) in [4.78, 5) is 0. The summed E-state index contributed by atoms with van der Waals surface area (Å²) in [6.07, 6.45) is 17.8. The van der Waals surface area contributed by atoms with Crippen molar-refractivity contribution in [2.24, 2.45) is 17.8 Å². The van der Waals surface area contributed by atoms with E-state index in [4.69, 9.17) is 9.47 Å². The second-order valence-corrected chi connectivity index (χ2v) is 8.93. The van der Waals surface area contributed by atoms with Gasteiger partial charge in [-0.3, -0.25) is 0 Å². The van der Waals surface area contributed by atoms with Crippen molar-refractivity contribution in [2.75, 3.05) is 13.2 Å². The number of benzene rings is 1. The van der Waals surface area contributed by atoms with Crippen LogP contribution in [0, 0.1) is 17.8 Å². The van der Waals surface area contributed by atoms with Crippen molar-refractivity contribution in [1.29, 1.82) is 0 Å². The smallest absolute Gasteiger partial charge is 0.183 e. The van der Waals surface area contributed by atoms with Gasteiger partial charge in [-0.15, -0.1) is 0 Å². The standard InChI is InChI=1S/C26H40O2/c1-3-7-21-11-13-22(14-12-21)9-5-6-10-23-15-17-25(18-16-23)26-27-19-24(8-4-2)20-28-26/h5,9,15-18,21-22,24,26H,3-4,6-8,10-14,19-20H2,1-2H3/b9-5+/t21-,22-,24-,26-. The summed E-state index contributed by atoms with van der Waals surface area (Å²) in [5, 5.41) is 0. The fourth-order valence-corrected chi connectivity index (χ4v) is 4.77. The third kappa shape index (κ3) is 6.74. The van der Waals surface area contributed by atoms with Gasteiger partial charge in [0.2, 0.25) is 0 Å². The van der Waals surface area contributed by atoms with Crippen molar-refractivity contribution in [1.82, 2.24) is 0 Å². The number of ether oxygens (including phenoxy) is 2. The molecule has 0 N–H and O–H groups in total. The van der Waals surface area contributed by atoms with E-state index in [1.54, 1.807) is 0 Å². The Bertz CT molecular complexity index is 561. The van der Waals surface area contributed by atoms with Crippen LogP contribution >= 0.6 is 0 Å². The maximum Gasteiger partial charge on any atom is 0.183 e. The van der Waals surface area contributed by atoms with E-state index in [2.05, 4.69) is 50.3 Å². The molecule has 1 saturated carbocycles. The molecule has 1 aromatic rings. The lowest BCUT2D eigenvalue weighted by atomic mass is 9.80. The molecule has 1 aromatic carbocycles. The van der Waals surface area contributed by atoms with Gasteiger partial charge in [-0.2, -0.15) is 0 Å². The molecule has 0 bridgehead atoms. The highest BCUT2D eigenvalue weighted by atomic mass is 16.7. The third-order valence-corrected chi connectivity index (χ3v) is 6.51. The van der Waals surface area contributed by atoms with E-state index in [0.29, 0.717) is 5.92 Å². The average Bonchev–Trinajstić information content (AvgIpc) is 2.74. The van der Waals surface area contributed by atoms with Crippen molar-refractivity contribution < 1.29 is 9.47 Å². The van der Waals surface area contributed by atoms with Gasteiger partial charge in [0.05, 0.1) is 13.2 Å². The summed E-state index contributed by atoms with van der Waals surface area (Å²) < 4.78 is 11.8. The molecule has 2 heteroatoms. The Labute approximate surface area is 172 Å². The number of allylic oxidation sites excluding steroid dienone is 2. The Hall–Kier alpha value is -1.12. The van der Waals surface area contributed by atoms with Crippen molar-refractivity contribution in [2.45, 2.75) is 84.3 Å². The molecule has 3 rings (SSSR count). The Balaban J connectivity index is 1.36. The fraction of sp³-hybridized carbons (Fsp3) is 0.692. The lowest BCUT2D eigenvalue weighted by Crippen LogP contribution is -2.26. The zero-order valence-corrected chi connectivity index (χ0v) is 18.1. The summed E-state index contributed by atoms with van der Waals surface area (Å²) >= 11 is 0. The van der Waals surface area contributed by atoms with E-state index in [9.17, 15) is 0 Å². The molecule has 156 valence electrons. The van der Waals surface area contributed by atoms with Crippen molar-refractivity contribution in [3.8, 4) is 0 Å². The van der Waals surface area contributed by atoms with Crippen molar-refractivity contribution in [3.05, 3.63) is 47.5 Å². The van der Waals surface area contributed by atoms with Gasteiger partial charge < -0.3 is 9.47 Å². The summed E-state index contributed by atoms with van der Waals surface area (Å²) in [5.41, 5.74) is 2.55. The molecule has 1 aliphatic heterocycles. The zero-order chi connectivity index (χ0) is 19.6. The number of hydrogen-bond donors (Lipinski definition) is 0. The van der Waals surface area contributed by atoms with Gasteiger partial charge in [-0.25, -0.2) is 0 Å². The summed E-state index contributed by atoms with van der Waals surface area (Å²) in [6, 6.07) is 8.84. The highest BCUT2D eigenvalue weighted by Crippen LogP contribution is 2.32. The van der Waals surface area contributed by atoms with Crippen molar-refractivity contribution in [3.63, 3.8) is 0 Å². The van der Waals surface area contributed by atoms with E-state index in [-0.39, 0.29) is 6.29 Å². The molecule has 28 heavy (non-hydrogen) atoms. The van der Waals surface area contributed by atoms with Crippen LogP contribution in [0.5, 0.6) is 0 Å². The Morgan fingerprint density at radius 1 is 0.857 bits per heavy atom. The van der Waals surface area contributed by atoms with E-state index < -0.39 is 0 Å². The molecule has 0 unspecified atom stereocenters. The zero-order valence-electron chi connectivity index (χ0n) is 18.1. The van der Waals surface area contributed by atoms with E-state index in [1.807, 2.05) is 0 Å². The van der Waals surface area contributed by atoms with Gasteiger partial charge in [0, 0.05) is 11.5 Å². The lowest BCUT2D eigenvalue weighted by Gasteiger charge is -2.29. The first kappa shape index (κ1) is 21.6. The normalized spacial score (nSPS) is 28.6. The van der Waals surface area contributed by atoms with Gasteiger partial charge in [0.1, 0.15) is 0 Å². The van der Waals surface area contributed by atoms with Crippen LogP contribution < -0.4 is 0 Å². The van der Waals surface area contributed by atoms with Crippen LogP contribution in [0.15, 0.2) is 36.4 Å². The lowest BCUT2D eigenvalue weighted by molar-refractivity contribution is -0.206.